The number of hydrogen-bond acceptors (Lipinski definition) is 4. The molecule has 0 atom stereocenters. The summed E-state index contributed by atoms with van der Waals surface area (Å²) in [6.07, 6.45) is 2.16. The molecule has 1 saturated heterocycles. The minimum atomic E-state index is -0.997. The highest BCUT2D eigenvalue weighted by atomic mass is 32.1. The van der Waals surface area contributed by atoms with Crippen LogP contribution in [0, 0.1) is 12.3 Å². The fourth-order valence-electron chi connectivity index (χ4n) is 2.46. The molecule has 1 fully saturated rings. The molecule has 5 nitrogen and oxygen atoms in total. The molecule has 1 aromatic heterocycles. The lowest BCUT2D eigenvalue weighted by Crippen LogP contribution is -2.41. The van der Waals surface area contributed by atoms with Gasteiger partial charge in [-0.2, -0.15) is 0 Å². The van der Waals surface area contributed by atoms with E-state index in [9.17, 15) is 9.59 Å². The van der Waals surface area contributed by atoms with Gasteiger partial charge in [0.1, 0.15) is 4.88 Å². The summed E-state index contributed by atoms with van der Waals surface area (Å²) in [6, 6.07) is 0. The third-order valence-corrected chi connectivity index (χ3v) is 5.10. The van der Waals surface area contributed by atoms with E-state index in [1.807, 2.05) is 6.92 Å². The summed E-state index contributed by atoms with van der Waals surface area (Å²) < 4.78 is 0. The van der Waals surface area contributed by atoms with E-state index < -0.39 is 5.97 Å². The molecule has 2 heterocycles. The number of piperidine rings is 1. The fraction of sp³-hybridized carbons (Fsp3) is 0.600. The summed E-state index contributed by atoms with van der Waals surface area (Å²) in [5.41, 5.74) is 1.59. The number of amides is 1. The lowest BCUT2D eigenvalue weighted by molar-refractivity contribution is -0.117. The van der Waals surface area contributed by atoms with Crippen molar-refractivity contribution in [2.24, 2.45) is 5.41 Å². The number of carboxylic acids is 1. The van der Waals surface area contributed by atoms with Crippen LogP contribution in [0.5, 0.6) is 0 Å². The summed E-state index contributed by atoms with van der Waals surface area (Å²) in [4.78, 5) is 25.6. The molecule has 0 saturated carbocycles. The van der Waals surface area contributed by atoms with Crippen LogP contribution in [0.25, 0.3) is 0 Å². The Hall–Kier alpha value is -1.40. The topological polar surface area (TPSA) is 69.6 Å². The van der Waals surface area contributed by atoms with Gasteiger partial charge in [0, 0.05) is 0 Å². The van der Waals surface area contributed by atoms with Crippen molar-refractivity contribution in [3.63, 3.8) is 0 Å². The fourth-order valence-corrected chi connectivity index (χ4v) is 3.30. The van der Waals surface area contributed by atoms with Gasteiger partial charge in [0.15, 0.2) is 0 Å². The first-order valence-electron chi connectivity index (χ1n) is 7.12. The number of anilines is 1. The maximum atomic E-state index is 12.1. The number of hydrogen-bond donors (Lipinski definition) is 2. The molecular weight excluding hydrogens is 288 g/mol. The summed E-state index contributed by atoms with van der Waals surface area (Å²) in [7, 11) is 0. The second-order valence-electron chi connectivity index (χ2n) is 6.42. The van der Waals surface area contributed by atoms with Crippen LogP contribution in [0.1, 0.15) is 41.9 Å². The minimum Gasteiger partial charge on any atom is -0.477 e. The molecule has 0 unspecified atom stereocenters. The van der Waals surface area contributed by atoms with Crippen molar-refractivity contribution in [2.75, 3.05) is 25.0 Å². The van der Waals surface area contributed by atoms with Crippen molar-refractivity contribution in [1.82, 2.24) is 4.90 Å². The molecule has 6 heteroatoms. The van der Waals surface area contributed by atoms with Gasteiger partial charge in [-0.25, -0.2) is 4.79 Å². The Kier molecular flexibility index (Phi) is 4.68. The number of thiophene rings is 1. The van der Waals surface area contributed by atoms with E-state index in [-0.39, 0.29) is 10.8 Å². The second-order valence-corrected chi connectivity index (χ2v) is 7.30. The van der Waals surface area contributed by atoms with Crippen LogP contribution in [0.4, 0.5) is 5.69 Å². The van der Waals surface area contributed by atoms with E-state index in [4.69, 9.17) is 5.11 Å². The van der Waals surface area contributed by atoms with Crippen LogP contribution in [0.2, 0.25) is 0 Å². The first kappa shape index (κ1) is 16.0. The lowest BCUT2D eigenvalue weighted by atomic mass is 9.83. The van der Waals surface area contributed by atoms with Gasteiger partial charge in [-0.1, -0.05) is 13.8 Å². The molecule has 116 valence electrons. The highest BCUT2D eigenvalue weighted by molar-refractivity contribution is 7.12. The Bertz CT molecular complexity index is 541. The van der Waals surface area contributed by atoms with E-state index in [1.54, 1.807) is 5.38 Å². The molecule has 0 radical (unpaired) electrons. The van der Waals surface area contributed by atoms with Gasteiger partial charge in [-0.3, -0.25) is 9.69 Å². The molecule has 1 amide bonds. The molecule has 0 aliphatic carbocycles. The Labute approximate surface area is 129 Å². The smallest absolute Gasteiger partial charge is 0.348 e. The molecule has 1 aliphatic heterocycles. The average Bonchev–Trinajstić information content (AvgIpc) is 2.74. The zero-order chi connectivity index (χ0) is 15.6. The first-order valence-corrected chi connectivity index (χ1v) is 8.00. The molecule has 21 heavy (non-hydrogen) atoms. The summed E-state index contributed by atoms with van der Waals surface area (Å²) in [5.74, 6) is -1.14. The third-order valence-electron chi connectivity index (χ3n) is 4.01. The molecule has 0 spiro atoms. The first-order chi connectivity index (χ1) is 9.78. The van der Waals surface area contributed by atoms with Crippen LogP contribution in [0.3, 0.4) is 0 Å². The van der Waals surface area contributed by atoms with E-state index in [0.29, 0.717) is 17.6 Å². The molecule has 0 aromatic carbocycles. The number of aromatic carboxylic acids is 1. The molecule has 2 N–H and O–H groups in total. The van der Waals surface area contributed by atoms with Crippen LogP contribution in [-0.2, 0) is 4.79 Å². The van der Waals surface area contributed by atoms with E-state index in [2.05, 4.69) is 24.1 Å². The van der Waals surface area contributed by atoms with Crippen molar-refractivity contribution in [2.45, 2.75) is 33.6 Å². The standard InChI is InChI=1S/C15H22N2O3S/c1-10-9-21-13(14(19)20)12(10)16-11(18)8-17-6-4-15(2,3)5-7-17/h9H,4-8H2,1-3H3,(H,16,18)(H,19,20). The van der Waals surface area contributed by atoms with Crippen molar-refractivity contribution in [3.05, 3.63) is 15.8 Å². The van der Waals surface area contributed by atoms with Gasteiger partial charge in [0.05, 0.1) is 12.2 Å². The van der Waals surface area contributed by atoms with Crippen LogP contribution in [0.15, 0.2) is 5.38 Å². The number of nitrogens with zero attached hydrogens (tertiary/aromatic N) is 1. The maximum absolute atomic E-state index is 12.1. The average molecular weight is 310 g/mol. The predicted molar refractivity (Wildman–Crippen MR) is 84.1 cm³/mol. The predicted octanol–water partition coefficient (Wildman–Crippen LogP) is 2.82. The summed E-state index contributed by atoms with van der Waals surface area (Å²) >= 11 is 1.14. The molecule has 1 aromatic rings. The van der Waals surface area contributed by atoms with Gasteiger partial charge in [0.2, 0.25) is 5.91 Å². The van der Waals surface area contributed by atoms with E-state index >= 15 is 0 Å². The van der Waals surface area contributed by atoms with Gasteiger partial charge in [0.25, 0.3) is 0 Å². The number of likely N-dealkylation sites (tertiary alicyclic amines) is 1. The molecular formula is C15H22N2O3S. The summed E-state index contributed by atoms with van der Waals surface area (Å²) in [6.45, 7) is 8.45. The highest BCUT2D eigenvalue weighted by Gasteiger charge is 2.26. The SMILES string of the molecule is Cc1csc(C(=O)O)c1NC(=O)CN1CCC(C)(C)CC1. The van der Waals surface area contributed by atoms with E-state index in [0.717, 1.165) is 42.8 Å². The number of aryl methyl sites for hydroxylation is 1. The molecule has 1 aliphatic rings. The normalized spacial score (nSPS) is 18.4. The lowest BCUT2D eigenvalue weighted by Gasteiger charge is -2.36. The molecule has 0 bridgehead atoms. The number of nitrogens with one attached hydrogen (secondary N) is 1. The number of carboxylic acid groups (broad SMARTS) is 1. The minimum absolute atomic E-state index is 0.140. The van der Waals surface area contributed by atoms with Crippen molar-refractivity contribution >= 4 is 28.9 Å². The number of rotatable bonds is 4. The van der Waals surface area contributed by atoms with Crippen molar-refractivity contribution < 1.29 is 14.7 Å². The van der Waals surface area contributed by atoms with Crippen LogP contribution >= 0.6 is 11.3 Å². The quantitative estimate of drug-likeness (QED) is 0.897. The third kappa shape index (κ3) is 4.04. The molecule has 2 rings (SSSR count). The number of carbonyl (C=O) groups is 2. The van der Waals surface area contributed by atoms with Crippen molar-refractivity contribution in [3.8, 4) is 0 Å². The summed E-state index contributed by atoms with van der Waals surface area (Å²) in [5, 5.41) is 13.6. The van der Waals surface area contributed by atoms with Crippen molar-refractivity contribution in [1.29, 1.82) is 0 Å². The Morgan fingerprint density at radius 1 is 1.38 bits per heavy atom. The van der Waals surface area contributed by atoms with Crippen LogP contribution in [-0.4, -0.2) is 41.5 Å². The van der Waals surface area contributed by atoms with E-state index in [1.165, 1.54) is 0 Å². The van der Waals surface area contributed by atoms with Gasteiger partial charge < -0.3 is 10.4 Å². The Balaban J connectivity index is 1.94. The maximum Gasteiger partial charge on any atom is 0.348 e. The zero-order valence-electron chi connectivity index (χ0n) is 12.7. The van der Waals surface area contributed by atoms with Gasteiger partial charge in [-0.15, -0.1) is 11.3 Å². The highest BCUT2D eigenvalue weighted by Crippen LogP contribution is 2.30. The monoisotopic (exact) mass is 310 g/mol. The zero-order valence-corrected chi connectivity index (χ0v) is 13.5. The van der Waals surface area contributed by atoms with Crippen LogP contribution < -0.4 is 5.32 Å². The Morgan fingerprint density at radius 2 is 2.00 bits per heavy atom. The number of carbonyl (C=O) groups excluding carboxylic acids is 1. The largest absolute Gasteiger partial charge is 0.477 e. The van der Waals surface area contributed by atoms with Gasteiger partial charge in [-0.05, 0) is 49.2 Å². The Morgan fingerprint density at radius 3 is 2.57 bits per heavy atom. The second kappa shape index (κ2) is 6.15. The van der Waals surface area contributed by atoms with Gasteiger partial charge >= 0.3 is 5.97 Å².